The average molecular weight is 370 g/mol. The van der Waals surface area contributed by atoms with Gasteiger partial charge in [-0.25, -0.2) is 9.97 Å². The molecular formula is C20H26N4O3. The molecule has 144 valence electrons. The van der Waals surface area contributed by atoms with E-state index in [0.717, 1.165) is 35.8 Å². The van der Waals surface area contributed by atoms with Gasteiger partial charge >= 0.3 is 0 Å². The van der Waals surface area contributed by atoms with E-state index >= 15 is 0 Å². The van der Waals surface area contributed by atoms with Crippen LogP contribution in [0.4, 0.5) is 11.6 Å². The van der Waals surface area contributed by atoms with Crippen LogP contribution in [0.1, 0.15) is 23.4 Å². The van der Waals surface area contributed by atoms with Crippen molar-refractivity contribution in [3.8, 4) is 5.75 Å². The molecule has 1 fully saturated rings. The lowest BCUT2D eigenvalue weighted by Gasteiger charge is -2.27. The SMILES string of the molecule is COc1ccc(CCC(=O)Nc2c(C)nc(N3CCOCC3)nc2C)cc1. The van der Waals surface area contributed by atoms with Gasteiger partial charge in [0.05, 0.1) is 37.4 Å². The van der Waals surface area contributed by atoms with Crippen molar-refractivity contribution in [1.29, 1.82) is 0 Å². The third-order valence-electron chi connectivity index (χ3n) is 4.62. The van der Waals surface area contributed by atoms with Crippen LogP contribution in [0.5, 0.6) is 5.75 Å². The molecule has 0 bridgehead atoms. The number of anilines is 2. The van der Waals surface area contributed by atoms with E-state index in [1.165, 1.54) is 0 Å². The van der Waals surface area contributed by atoms with Gasteiger partial charge in [0, 0.05) is 19.5 Å². The highest BCUT2D eigenvalue weighted by molar-refractivity contribution is 5.92. The fraction of sp³-hybridized carbons (Fsp3) is 0.450. The number of benzene rings is 1. The highest BCUT2D eigenvalue weighted by Crippen LogP contribution is 2.21. The van der Waals surface area contributed by atoms with E-state index in [1.807, 2.05) is 38.1 Å². The average Bonchev–Trinajstić information content (AvgIpc) is 2.70. The minimum atomic E-state index is -0.0419. The predicted octanol–water partition coefficient (Wildman–Crippen LogP) is 2.51. The number of methoxy groups -OCH3 is 1. The number of amides is 1. The summed E-state index contributed by atoms with van der Waals surface area (Å²) in [7, 11) is 1.64. The van der Waals surface area contributed by atoms with Crippen molar-refractivity contribution in [2.45, 2.75) is 26.7 Å². The Morgan fingerprint density at radius 1 is 1.15 bits per heavy atom. The van der Waals surface area contributed by atoms with E-state index in [9.17, 15) is 4.79 Å². The fourth-order valence-corrected chi connectivity index (χ4v) is 3.04. The van der Waals surface area contributed by atoms with Gasteiger partial charge in [-0.3, -0.25) is 4.79 Å². The van der Waals surface area contributed by atoms with Crippen LogP contribution in [-0.4, -0.2) is 49.3 Å². The Balaban J connectivity index is 1.61. The quantitative estimate of drug-likeness (QED) is 0.842. The van der Waals surface area contributed by atoms with Gasteiger partial charge < -0.3 is 19.7 Å². The molecule has 0 unspecified atom stereocenters. The molecule has 7 nitrogen and oxygen atoms in total. The van der Waals surface area contributed by atoms with Crippen LogP contribution in [0.25, 0.3) is 0 Å². The van der Waals surface area contributed by atoms with Gasteiger partial charge in [-0.15, -0.1) is 0 Å². The largest absolute Gasteiger partial charge is 0.497 e. The standard InChI is InChI=1S/C20H26N4O3/c1-14-19(15(2)22-20(21-14)24-10-12-27-13-11-24)23-18(25)9-6-16-4-7-17(26-3)8-5-16/h4-5,7-8H,6,9-13H2,1-3H3,(H,23,25). The summed E-state index contributed by atoms with van der Waals surface area (Å²) in [6.07, 6.45) is 1.07. The van der Waals surface area contributed by atoms with E-state index in [4.69, 9.17) is 9.47 Å². The van der Waals surface area contributed by atoms with E-state index < -0.39 is 0 Å². The molecule has 2 aromatic rings. The maximum Gasteiger partial charge on any atom is 0.226 e. The Hall–Kier alpha value is -2.67. The van der Waals surface area contributed by atoms with Crippen LogP contribution in [-0.2, 0) is 16.0 Å². The van der Waals surface area contributed by atoms with Crippen molar-refractivity contribution in [1.82, 2.24) is 9.97 Å². The number of hydrogen-bond acceptors (Lipinski definition) is 6. The lowest BCUT2D eigenvalue weighted by molar-refractivity contribution is -0.116. The predicted molar refractivity (Wildman–Crippen MR) is 104 cm³/mol. The Morgan fingerprint density at radius 3 is 2.37 bits per heavy atom. The lowest BCUT2D eigenvalue weighted by atomic mass is 10.1. The normalized spacial score (nSPS) is 14.1. The molecule has 1 aromatic carbocycles. The number of aryl methyl sites for hydroxylation is 3. The first-order chi connectivity index (χ1) is 13.1. The second-order valence-corrected chi connectivity index (χ2v) is 6.57. The highest BCUT2D eigenvalue weighted by Gasteiger charge is 2.17. The Bertz CT molecular complexity index is 763. The topological polar surface area (TPSA) is 76.6 Å². The highest BCUT2D eigenvalue weighted by atomic mass is 16.5. The molecule has 0 radical (unpaired) electrons. The smallest absolute Gasteiger partial charge is 0.226 e. The third kappa shape index (κ3) is 4.95. The van der Waals surface area contributed by atoms with Crippen LogP contribution < -0.4 is 15.0 Å². The van der Waals surface area contributed by atoms with Crippen molar-refractivity contribution < 1.29 is 14.3 Å². The number of morpholine rings is 1. The van der Waals surface area contributed by atoms with Crippen molar-refractivity contribution in [2.24, 2.45) is 0 Å². The molecule has 1 aliphatic heterocycles. The van der Waals surface area contributed by atoms with Crippen LogP contribution >= 0.6 is 0 Å². The summed E-state index contributed by atoms with van der Waals surface area (Å²) < 4.78 is 10.5. The molecule has 1 saturated heterocycles. The molecule has 2 heterocycles. The fourth-order valence-electron chi connectivity index (χ4n) is 3.04. The zero-order valence-corrected chi connectivity index (χ0v) is 16.1. The molecule has 3 rings (SSSR count). The summed E-state index contributed by atoms with van der Waals surface area (Å²) in [5.74, 6) is 1.47. The summed E-state index contributed by atoms with van der Waals surface area (Å²) in [4.78, 5) is 23.6. The van der Waals surface area contributed by atoms with Crippen LogP contribution in [0.3, 0.4) is 0 Å². The van der Waals surface area contributed by atoms with Gasteiger partial charge in [0.15, 0.2) is 0 Å². The van der Waals surface area contributed by atoms with E-state index in [1.54, 1.807) is 7.11 Å². The Morgan fingerprint density at radius 2 is 1.78 bits per heavy atom. The number of rotatable bonds is 6. The molecule has 0 saturated carbocycles. The van der Waals surface area contributed by atoms with Crippen molar-refractivity contribution in [3.05, 3.63) is 41.2 Å². The number of ether oxygens (including phenoxy) is 2. The van der Waals surface area contributed by atoms with Gasteiger partial charge in [0.25, 0.3) is 0 Å². The zero-order valence-electron chi connectivity index (χ0n) is 16.1. The maximum atomic E-state index is 12.4. The summed E-state index contributed by atoms with van der Waals surface area (Å²) in [5.41, 5.74) is 3.36. The lowest BCUT2D eigenvalue weighted by Crippen LogP contribution is -2.37. The molecule has 1 amide bonds. The molecule has 1 aliphatic rings. The van der Waals surface area contributed by atoms with Gasteiger partial charge in [0.1, 0.15) is 5.75 Å². The molecular weight excluding hydrogens is 344 g/mol. The number of nitrogens with one attached hydrogen (secondary N) is 1. The van der Waals surface area contributed by atoms with Gasteiger partial charge in [-0.05, 0) is 38.0 Å². The number of carbonyl (C=O) groups excluding carboxylic acids is 1. The molecule has 7 heteroatoms. The maximum absolute atomic E-state index is 12.4. The van der Waals surface area contributed by atoms with Crippen LogP contribution in [0.2, 0.25) is 0 Å². The van der Waals surface area contributed by atoms with Gasteiger partial charge in [-0.1, -0.05) is 12.1 Å². The molecule has 0 atom stereocenters. The molecule has 0 aliphatic carbocycles. The summed E-state index contributed by atoms with van der Waals surface area (Å²) in [6, 6.07) is 7.76. The van der Waals surface area contributed by atoms with E-state index in [-0.39, 0.29) is 5.91 Å². The minimum Gasteiger partial charge on any atom is -0.497 e. The zero-order chi connectivity index (χ0) is 19.2. The van der Waals surface area contributed by atoms with Gasteiger partial charge in [0.2, 0.25) is 11.9 Å². The van der Waals surface area contributed by atoms with Crippen LogP contribution in [0.15, 0.2) is 24.3 Å². The van der Waals surface area contributed by atoms with Crippen LogP contribution in [0, 0.1) is 13.8 Å². The number of carbonyl (C=O) groups is 1. The summed E-state index contributed by atoms with van der Waals surface area (Å²) >= 11 is 0. The first-order valence-corrected chi connectivity index (χ1v) is 9.17. The van der Waals surface area contributed by atoms with Crippen molar-refractivity contribution in [2.75, 3.05) is 43.6 Å². The monoisotopic (exact) mass is 370 g/mol. The summed E-state index contributed by atoms with van der Waals surface area (Å²) in [5, 5.41) is 2.97. The minimum absolute atomic E-state index is 0.0419. The second-order valence-electron chi connectivity index (χ2n) is 6.57. The molecule has 1 N–H and O–H groups in total. The molecule has 27 heavy (non-hydrogen) atoms. The number of aromatic nitrogens is 2. The van der Waals surface area contributed by atoms with E-state index in [0.29, 0.717) is 37.7 Å². The Kier molecular flexibility index (Phi) is 6.24. The van der Waals surface area contributed by atoms with Crippen molar-refractivity contribution >= 4 is 17.5 Å². The van der Waals surface area contributed by atoms with E-state index in [2.05, 4.69) is 20.2 Å². The third-order valence-corrected chi connectivity index (χ3v) is 4.62. The number of nitrogens with zero attached hydrogens (tertiary/aromatic N) is 3. The van der Waals surface area contributed by atoms with Gasteiger partial charge in [-0.2, -0.15) is 0 Å². The first-order valence-electron chi connectivity index (χ1n) is 9.17. The second kappa shape index (κ2) is 8.81. The van der Waals surface area contributed by atoms with Crippen molar-refractivity contribution in [3.63, 3.8) is 0 Å². The molecule has 1 aromatic heterocycles. The first kappa shape index (κ1) is 19.1. The Labute approximate surface area is 159 Å². The number of hydrogen-bond donors (Lipinski definition) is 1. The summed E-state index contributed by atoms with van der Waals surface area (Å²) in [6.45, 7) is 6.74. The molecule has 0 spiro atoms.